The van der Waals surface area contributed by atoms with Gasteiger partial charge < -0.3 is 9.67 Å². The molecule has 2 aromatic heterocycles. The highest BCUT2D eigenvalue weighted by Crippen LogP contribution is 2.42. The van der Waals surface area contributed by atoms with Crippen molar-refractivity contribution in [2.24, 2.45) is 7.05 Å². The third-order valence-electron chi connectivity index (χ3n) is 5.74. The van der Waals surface area contributed by atoms with Gasteiger partial charge in [0, 0.05) is 35.1 Å². The molecule has 0 fully saturated rings. The van der Waals surface area contributed by atoms with Crippen molar-refractivity contribution in [3.05, 3.63) is 114 Å². The first-order valence-corrected chi connectivity index (χ1v) is 10.4. The molecule has 0 bridgehead atoms. The first-order valence-electron chi connectivity index (χ1n) is 10.4. The van der Waals surface area contributed by atoms with E-state index in [4.69, 9.17) is 0 Å². The number of anilines is 1. The minimum Gasteiger partial charge on any atom is -0.507 e. The molecule has 4 nitrogen and oxygen atoms in total. The van der Waals surface area contributed by atoms with Crippen LogP contribution in [0.3, 0.4) is 0 Å². The van der Waals surface area contributed by atoms with Gasteiger partial charge in [-0.15, -0.1) is 0 Å². The Hall–Kier alpha value is -4.05. The maximum Gasteiger partial charge on any atom is 0.272 e. The Morgan fingerprint density at radius 3 is 2.29 bits per heavy atom. The fraction of sp³-hybridized carbons (Fsp3) is 0.0741. The van der Waals surface area contributed by atoms with E-state index in [0.29, 0.717) is 0 Å². The van der Waals surface area contributed by atoms with Gasteiger partial charge in [-0.05, 0) is 23.8 Å². The van der Waals surface area contributed by atoms with Crippen molar-refractivity contribution in [1.82, 2.24) is 4.57 Å². The minimum absolute atomic E-state index is 0.263. The van der Waals surface area contributed by atoms with Crippen LogP contribution in [0.5, 0.6) is 5.75 Å². The quantitative estimate of drug-likeness (QED) is 0.401. The molecular formula is C27H24N3O+. The van der Waals surface area contributed by atoms with Crippen LogP contribution in [0.4, 0.5) is 5.82 Å². The molecule has 5 aromatic rings. The van der Waals surface area contributed by atoms with E-state index < -0.39 is 0 Å². The lowest BCUT2D eigenvalue weighted by molar-refractivity contribution is -0.361. The molecule has 0 spiro atoms. The molecule has 0 aliphatic carbocycles. The standard InChI is InChI=1S/C27H23N3O/c1-30-22-15-7-5-13-20(22)25(27(30)19-11-3-2-4-12-19)26(21-14-6-8-16-23(21)31)29-24-17-9-10-18-28-24/h2-18,26,31H,1H3,(H,28,29)/p+1/t26-/m0/s1. The van der Waals surface area contributed by atoms with E-state index in [1.807, 2.05) is 48.7 Å². The number of nitrogens with zero attached hydrogens (tertiary/aromatic N) is 1. The van der Waals surface area contributed by atoms with E-state index in [1.165, 1.54) is 0 Å². The highest BCUT2D eigenvalue weighted by molar-refractivity contribution is 5.93. The molecule has 0 unspecified atom stereocenters. The van der Waals surface area contributed by atoms with Gasteiger partial charge in [0.2, 0.25) is 0 Å². The van der Waals surface area contributed by atoms with Crippen LogP contribution in [-0.4, -0.2) is 9.67 Å². The van der Waals surface area contributed by atoms with Crippen LogP contribution in [0.25, 0.3) is 22.2 Å². The van der Waals surface area contributed by atoms with Crippen molar-refractivity contribution in [2.75, 3.05) is 5.32 Å². The van der Waals surface area contributed by atoms with Crippen molar-refractivity contribution >= 4 is 16.7 Å². The number of nitrogens with one attached hydrogen (secondary N) is 2. The molecule has 0 saturated carbocycles. The number of fused-ring (bicyclic) bond motifs is 1. The van der Waals surface area contributed by atoms with Crippen LogP contribution in [0.1, 0.15) is 17.2 Å². The van der Waals surface area contributed by atoms with Gasteiger partial charge in [-0.25, -0.2) is 4.98 Å². The topological polar surface area (TPSA) is 51.3 Å². The summed E-state index contributed by atoms with van der Waals surface area (Å²) in [4.78, 5) is 3.27. The van der Waals surface area contributed by atoms with E-state index in [0.717, 1.165) is 39.1 Å². The zero-order chi connectivity index (χ0) is 21.2. The maximum atomic E-state index is 10.8. The van der Waals surface area contributed by atoms with E-state index >= 15 is 0 Å². The van der Waals surface area contributed by atoms with Crippen molar-refractivity contribution in [2.45, 2.75) is 6.04 Å². The van der Waals surface area contributed by atoms with Crippen molar-refractivity contribution in [1.29, 1.82) is 0 Å². The van der Waals surface area contributed by atoms with Crippen LogP contribution < -0.4 is 10.3 Å². The number of benzene rings is 3. The Morgan fingerprint density at radius 1 is 0.806 bits per heavy atom. The Bertz CT molecular complexity index is 1330. The molecule has 31 heavy (non-hydrogen) atoms. The van der Waals surface area contributed by atoms with E-state index in [2.05, 4.69) is 70.4 Å². The van der Waals surface area contributed by atoms with Gasteiger partial charge in [0.15, 0.2) is 6.04 Å². The first kappa shape index (κ1) is 18.9. The summed E-state index contributed by atoms with van der Waals surface area (Å²) in [6.07, 6.45) is 1.89. The summed E-state index contributed by atoms with van der Waals surface area (Å²) >= 11 is 0. The predicted octanol–water partition coefficient (Wildman–Crippen LogP) is 5.57. The number of pyridine rings is 1. The van der Waals surface area contributed by atoms with Gasteiger partial charge in [0.25, 0.3) is 5.82 Å². The van der Waals surface area contributed by atoms with Crippen molar-refractivity contribution in [3.8, 4) is 17.0 Å². The SMILES string of the molecule is Cn1c(-c2ccccc2)c([C@@H](Nc2cccc[nH+]2)c2ccccc2O)c2ccccc21. The number of aromatic amines is 1. The lowest BCUT2D eigenvalue weighted by atomic mass is 9.92. The van der Waals surface area contributed by atoms with E-state index in [1.54, 1.807) is 6.07 Å². The summed E-state index contributed by atoms with van der Waals surface area (Å²) in [5.41, 5.74) is 5.36. The molecule has 0 aliphatic rings. The number of H-pyrrole nitrogens is 1. The molecule has 5 rings (SSSR count). The molecule has 4 heteroatoms. The smallest absolute Gasteiger partial charge is 0.272 e. The number of aryl methyl sites for hydroxylation is 1. The molecular weight excluding hydrogens is 382 g/mol. The van der Waals surface area contributed by atoms with Crippen molar-refractivity contribution in [3.63, 3.8) is 0 Å². The number of aromatic hydroxyl groups is 1. The van der Waals surface area contributed by atoms with Crippen LogP contribution >= 0.6 is 0 Å². The number of phenols is 1. The second-order valence-electron chi connectivity index (χ2n) is 7.62. The summed E-state index contributed by atoms with van der Waals surface area (Å²) in [5, 5.41) is 15.6. The summed E-state index contributed by atoms with van der Waals surface area (Å²) in [7, 11) is 2.10. The molecule has 2 heterocycles. The van der Waals surface area contributed by atoms with Crippen molar-refractivity contribution < 1.29 is 10.1 Å². The molecule has 0 saturated heterocycles. The number of rotatable bonds is 5. The highest BCUT2D eigenvalue weighted by Gasteiger charge is 2.30. The van der Waals surface area contributed by atoms with E-state index in [9.17, 15) is 5.11 Å². The maximum absolute atomic E-state index is 10.8. The van der Waals surface area contributed by atoms with Crippen LogP contribution in [0.15, 0.2) is 103 Å². The van der Waals surface area contributed by atoms with Gasteiger partial charge in [0.1, 0.15) is 5.75 Å². The average Bonchev–Trinajstić information content (AvgIpc) is 3.12. The Balaban J connectivity index is 1.82. The minimum atomic E-state index is -0.263. The Morgan fingerprint density at radius 2 is 1.52 bits per heavy atom. The highest BCUT2D eigenvalue weighted by atomic mass is 16.3. The normalized spacial score (nSPS) is 12.0. The summed E-state index contributed by atoms with van der Waals surface area (Å²) in [5.74, 6) is 1.14. The second-order valence-corrected chi connectivity index (χ2v) is 7.62. The van der Waals surface area contributed by atoms with Gasteiger partial charge in [-0.1, -0.05) is 72.8 Å². The largest absolute Gasteiger partial charge is 0.507 e. The summed E-state index contributed by atoms with van der Waals surface area (Å²) in [6, 6.07) is 32.1. The molecule has 0 aliphatic heterocycles. The fourth-order valence-electron chi connectivity index (χ4n) is 4.34. The summed E-state index contributed by atoms with van der Waals surface area (Å²) < 4.78 is 2.24. The number of hydrogen-bond acceptors (Lipinski definition) is 2. The van der Waals surface area contributed by atoms with Gasteiger partial charge in [-0.2, -0.15) is 0 Å². The van der Waals surface area contributed by atoms with E-state index in [-0.39, 0.29) is 11.8 Å². The zero-order valence-corrected chi connectivity index (χ0v) is 17.3. The molecule has 3 aromatic carbocycles. The molecule has 0 radical (unpaired) electrons. The second kappa shape index (κ2) is 8.00. The zero-order valence-electron chi connectivity index (χ0n) is 17.3. The lowest BCUT2D eigenvalue weighted by Gasteiger charge is -2.19. The van der Waals surface area contributed by atoms with Crippen LogP contribution in [-0.2, 0) is 7.05 Å². The molecule has 0 amide bonds. The fourth-order valence-corrected chi connectivity index (χ4v) is 4.34. The average molecular weight is 407 g/mol. The number of phenolic OH excluding ortho intramolecular Hbond substituents is 1. The molecule has 1 atom stereocenters. The van der Waals surface area contributed by atoms with Gasteiger partial charge >= 0.3 is 0 Å². The number of para-hydroxylation sites is 2. The van der Waals surface area contributed by atoms with Gasteiger partial charge in [0.05, 0.1) is 11.9 Å². The first-order chi connectivity index (χ1) is 15.2. The summed E-state index contributed by atoms with van der Waals surface area (Å²) in [6.45, 7) is 0. The van der Waals surface area contributed by atoms with Crippen LogP contribution in [0.2, 0.25) is 0 Å². The number of aromatic nitrogens is 2. The number of hydrogen-bond donors (Lipinski definition) is 2. The Labute approximate surface area is 181 Å². The molecule has 3 N–H and O–H groups in total. The van der Waals surface area contributed by atoms with Gasteiger partial charge in [-0.3, -0.25) is 5.32 Å². The predicted molar refractivity (Wildman–Crippen MR) is 125 cm³/mol. The lowest BCUT2D eigenvalue weighted by Crippen LogP contribution is -2.19. The molecule has 152 valence electrons. The third kappa shape index (κ3) is 3.42. The monoisotopic (exact) mass is 406 g/mol. The third-order valence-corrected chi connectivity index (χ3v) is 5.74. The Kier molecular flexibility index (Phi) is 4.89. The van der Waals surface area contributed by atoms with Crippen LogP contribution in [0, 0.1) is 0 Å².